The highest BCUT2D eigenvalue weighted by atomic mass is 16.1. The molecule has 1 aromatic heterocycles. The molecule has 5 nitrogen and oxygen atoms in total. The molecule has 0 spiro atoms. The Labute approximate surface area is 68.6 Å². The molecule has 1 heterocycles. The van der Waals surface area contributed by atoms with Gasteiger partial charge in [-0.25, -0.2) is 4.98 Å². The van der Waals surface area contributed by atoms with Crippen molar-refractivity contribution in [1.29, 1.82) is 0 Å². The average Bonchev–Trinajstić information content (AvgIpc) is 1.81. The van der Waals surface area contributed by atoms with Gasteiger partial charge in [-0.2, -0.15) is 0 Å². The maximum absolute atomic E-state index is 10.8. The van der Waals surface area contributed by atoms with E-state index in [9.17, 15) is 9.59 Å². The number of ketones is 1. The SMILES string of the molecule is CC(=O)Cc1cc(=O)[nH]c(N)n1. The second-order valence-corrected chi connectivity index (χ2v) is 2.50. The Bertz CT molecular complexity index is 356. The Morgan fingerprint density at radius 1 is 1.75 bits per heavy atom. The summed E-state index contributed by atoms with van der Waals surface area (Å²) in [7, 11) is 0. The van der Waals surface area contributed by atoms with E-state index < -0.39 is 0 Å². The number of anilines is 1. The van der Waals surface area contributed by atoms with E-state index in [0.717, 1.165) is 0 Å². The van der Waals surface area contributed by atoms with Crippen LogP contribution in [0.5, 0.6) is 0 Å². The van der Waals surface area contributed by atoms with Crippen LogP contribution in [-0.4, -0.2) is 15.8 Å². The molecule has 1 aromatic rings. The fraction of sp³-hybridized carbons (Fsp3) is 0.286. The minimum absolute atomic E-state index is 0.0405. The van der Waals surface area contributed by atoms with Gasteiger partial charge in [0.15, 0.2) is 0 Å². The molecule has 0 atom stereocenters. The summed E-state index contributed by atoms with van der Waals surface area (Å²) in [4.78, 5) is 27.5. The van der Waals surface area contributed by atoms with Crippen LogP contribution in [0.15, 0.2) is 10.9 Å². The van der Waals surface area contributed by atoms with Crippen molar-refractivity contribution in [3.63, 3.8) is 0 Å². The molecule has 0 saturated carbocycles. The van der Waals surface area contributed by atoms with Gasteiger partial charge in [0.1, 0.15) is 5.78 Å². The van der Waals surface area contributed by atoms with Crippen LogP contribution < -0.4 is 11.3 Å². The van der Waals surface area contributed by atoms with Gasteiger partial charge in [-0.3, -0.25) is 14.6 Å². The second-order valence-electron chi connectivity index (χ2n) is 2.50. The van der Waals surface area contributed by atoms with Gasteiger partial charge in [0.2, 0.25) is 5.95 Å². The number of Topliss-reactive ketones (excluding diaryl/α,β-unsaturated/α-hetero) is 1. The van der Waals surface area contributed by atoms with Crippen LogP contribution in [0.1, 0.15) is 12.6 Å². The van der Waals surface area contributed by atoms with Gasteiger partial charge < -0.3 is 5.73 Å². The summed E-state index contributed by atoms with van der Waals surface area (Å²) in [6.07, 6.45) is 0.147. The van der Waals surface area contributed by atoms with E-state index >= 15 is 0 Å². The maximum Gasteiger partial charge on any atom is 0.252 e. The van der Waals surface area contributed by atoms with Gasteiger partial charge in [0.05, 0.1) is 5.69 Å². The van der Waals surface area contributed by atoms with Crippen LogP contribution in [0.2, 0.25) is 0 Å². The summed E-state index contributed by atoms with van der Waals surface area (Å²) in [6, 6.07) is 1.26. The van der Waals surface area contributed by atoms with Crippen molar-refractivity contribution in [2.24, 2.45) is 0 Å². The third kappa shape index (κ3) is 2.19. The predicted octanol–water partition coefficient (Wildman–Crippen LogP) is -0.516. The van der Waals surface area contributed by atoms with Gasteiger partial charge in [-0.1, -0.05) is 0 Å². The highest BCUT2D eigenvalue weighted by molar-refractivity contribution is 5.77. The quantitative estimate of drug-likeness (QED) is 0.620. The zero-order chi connectivity index (χ0) is 9.14. The molecule has 64 valence electrons. The lowest BCUT2D eigenvalue weighted by atomic mass is 10.2. The molecule has 0 fully saturated rings. The Balaban J connectivity index is 3.01. The van der Waals surface area contributed by atoms with Crippen molar-refractivity contribution < 1.29 is 4.79 Å². The lowest BCUT2D eigenvalue weighted by molar-refractivity contribution is -0.116. The van der Waals surface area contributed by atoms with Crippen LogP contribution in [0, 0.1) is 0 Å². The Hall–Kier alpha value is -1.65. The van der Waals surface area contributed by atoms with Crippen LogP contribution in [-0.2, 0) is 11.2 Å². The monoisotopic (exact) mass is 167 g/mol. The number of hydrogen-bond donors (Lipinski definition) is 2. The molecule has 0 bridgehead atoms. The smallest absolute Gasteiger partial charge is 0.252 e. The Morgan fingerprint density at radius 2 is 2.42 bits per heavy atom. The zero-order valence-corrected chi connectivity index (χ0v) is 6.63. The van der Waals surface area contributed by atoms with Gasteiger partial charge in [0.25, 0.3) is 5.56 Å². The number of aromatic nitrogens is 2. The molecule has 0 amide bonds. The summed E-state index contributed by atoms with van der Waals surface area (Å²) in [6.45, 7) is 1.43. The number of nitrogen functional groups attached to an aromatic ring is 1. The number of hydrogen-bond acceptors (Lipinski definition) is 4. The number of aromatic amines is 1. The lowest BCUT2D eigenvalue weighted by Crippen LogP contribution is -2.13. The summed E-state index contributed by atoms with van der Waals surface area (Å²) < 4.78 is 0. The Kier molecular flexibility index (Phi) is 2.23. The van der Waals surface area contributed by atoms with E-state index in [4.69, 9.17) is 5.73 Å². The number of carbonyl (C=O) groups excluding carboxylic acids is 1. The van der Waals surface area contributed by atoms with E-state index in [2.05, 4.69) is 9.97 Å². The fourth-order valence-electron chi connectivity index (χ4n) is 0.874. The van der Waals surface area contributed by atoms with Crippen LogP contribution in [0.3, 0.4) is 0 Å². The van der Waals surface area contributed by atoms with Gasteiger partial charge >= 0.3 is 0 Å². The first-order valence-corrected chi connectivity index (χ1v) is 3.43. The van der Waals surface area contributed by atoms with E-state index in [1.807, 2.05) is 0 Å². The Morgan fingerprint density at radius 3 is 2.92 bits per heavy atom. The molecular formula is C7H9N3O2. The van der Waals surface area contributed by atoms with Gasteiger partial charge in [0, 0.05) is 12.5 Å². The van der Waals surface area contributed by atoms with Crippen molar-refractivity contribution in [1.82, 2.24) is 9.97 Å². The largest absolute Gasteiger partial charge is 0.369 e. The molecule has 0 aliphatic carbocycles. The molecule has 0 aromatic carbocycles. The van der Waals surface area contributed by atoms with Crippen LogP contribution in [0.4, 0.5) is 5.95 Å². The van der Waals surface area contributed by atoms with E-state index in [1.54, 1.807) is 0 Å². The predicted molar refractivity (Wildman–Crippen MR) is 43.7 cm³/mol. The number of rotatable bonds is 2. The molecule has 0 aliphatic heterocycles. The van der Waals surface area contributed by atoms with E-state index in [0.29, 0.717) is 5.69 Å². The second kappa shape index (κ2) is 3.17. The average molecular weight is 167 g/mol. The van der Waals surface area contributed by atoms with Crippen molar-refractivity contribution in [2.75, 3.05) is 5.73 Å². The van der Waals surface area contributed by atoms with Crippen LogP contribution >= 0.6 is 0 Å². The molecule has 1 rings (SSSR count). The number of H-pyrrole nitrogens is 1. The molecular weight excluding hydrogens is 158 g/mol. The summed E-state index contributed by atoms with van der Waals surface area (Å²) in [5.41, 5.74) is 5.33. The molecule has 5 heteroatoms. The molecule has 0 aliphatic rings. The normalized spacial score (nSPS) is 9.75. The number of nitrogens with one attached hydrogen (secondary N) is 1. The van der Waals surface area contributed by atoms with Crippen molar-refractivity contribution in [3.8, 4) is 0 Å². The minimum atomic E-state index is -0.334. The first kappa shape index (κ1) is 8.45. The zero-order valence-electron chi connectivity index (χ0n) is 6.63. The van der Waals surface area contributed by atoms with E-state index in [1.165, 1.54) is 13.0 Å². The first-order chi connectivity index (χ1) is 5.58. The van der Waals surface area contributed by atoms with E-state index in [-0.39, 0.29) is 23.7 Å². The minimum Gasteiger partial charge on any atom is -0.369 e. The van der Waals surface area contributed by atoms with Gasteiger partial charge in [-0.15, -0.1) is 0 Å². The molecule has 3 N–H and O–H groups in total. The topological polar surface area (TPSA) is 88.8 Å². The first-order valence-electron chi connectivity index (χ1n) is 3.43. The summed E-state index contributed by atoms with van der Waals surface area (Å²) in [5, 5.41) is 0. The molecule has 0 saturated heterocycles. The van der Waals surface area contributed by atoms with Crippen molar-refractivity contribution >= 4 is 11.7 Å². The molecule has 12 heavy (non-hydrogen) atoms. The number of carbonyl (C=O) groups is 1. The number of nitrogens with two attached hydrogens (primary N) is 1. The van der Waals surface area contributed by atoms with Crippen molar-refractivity contribution in [3.05, 3.63) is 22.1 Å². The maximum atomic E-state index is 10.8. The van der Waals surface area contributed by atoms with Gasteiger partial charge in [-0.05, 0) is 6.92 Å². The molecule has 0 radical (unpaired) electrons. The lowest BCUT2D eigenvalue weighted by Gasteiger charge is -1.96. The third-order valence-electron chi connectivity index (χ3n) is 1.24. The third-order valence-corrected chi connectivity index (χ3v) is 1.24. The van der Waals surface area contributed by atoms with Crippen molar-refractivity contribution in [2.45, 2.75) is 13.3 Å². The molecule has 0 unspecified atom stereocenters. The summed E-state index contributed by atoms with van der Waals surface area (Å²) >= 11 is 0. The highest BCUT2D eigenvalue weighted by Crippen LogP contribution is 1.94. The standard InChI is InChI=1S/C7H9N3O2/c1-4(11)2-5-3-6(12)10-7(8)9-5/h3H,2H2,1H3,(H3,8,9,10,12). The number of nitrogens with zero attached hydrogens (tertiary/aromatic N) is 1. The summed E-state index contributed by atoms with van der Waals surface area (Å²) in [5.74, 6) is -0.00810. The highest BCUT2D eigenvalue weighted by Gasteiger charge is 2.00. The fourth-order valence-corrected chi connectivity index (χ4v) is 0.874. The van der Waals surface area contributed by atoms with Crippen LogP contribution in [0.25, 0.3) is 0 Å².